The van der Waals surface area contributed by atoms with E-state index in [2.05, 4.69) is 16.7 Å². The molecule has 0 aliphatic carbocycles. The van der Waals surface area contributed by atoms with Crippen LogP contribution in [0, 0.1) is 11.6 Å². The van der Waals surface area contributed by atoms with Gasteiger partial charge >= 0.3 is 0 Å². The minimum atomic E-state index is -0.486. The number of halogens is 2. The smallest absolute Gasteiger partial charge is 0.145 e. The van der Waals surface area contributed by atoms with Crippen molar-refractivity contribution in [3.8, 4) is 0 Å². The summed E-state index contributed by atoms with van der Waals surface area (Å²) in [5, 5.41) is 0. The lowest BCUT2D eigenvalue weighted by molar-refractivity contribution is 0.475. The van der Waals surface area contributed by atoms with Gasteiger partial charge < -0.3 is 0 Å². The molecule has 0 spiro atoms. The van der Waals surface area contributed by atoms with Crippen molar-refractivity contribution >= 4 is 6.72 Å². The number of aromatic nitrogens is 1. The fourth-order valence-corrected chi connectivity index (χ4v) is 2.26. The van der Waals surface area contributed by atoms with E-state index < -0.39 is 5.41 Å². The summed E-state index contributed by atoms with van der Waals surface area (Å²) >= 11 is 0. The SMILES string of the molecule is C=NCC(C)(C)c1ncc(Cc2ccc(F)cc2)cc1F. The lowest BCUT2D eigenvalue weighted by Crippen LogP contribution is -2.24. The Hall–Kier alpha value is -2.10. The molecule has 21 heavy (non-hydrogen) atoms. The minimum absolute atomic E-state index is 0.280. The second-order valence-electron chi connectivity index (χ2n) is 5.74. The molecule has 110 valence electrons. The third kappa shape index (κ3) is 3.72. The molecule has 0 bridgehead atoms. The molecule has 0 fully saturated rings. The number of hydrogen-bond donors (Lipinski definition) is 0. The molecule has 4 heteroatoms. The van der Waals surface area contributed by atoms with Gasteiger partial charge in [-0.3, -0.25) is 9.98 Å². The monoisotopic (exact) mass is 288 g/mol. The zero-order chi connectivity index (χ0) is 15.5. The molecule has 2 aromatic rings. The van der Waals surface area contributed by atoms with Gasteiger partial charge in [0.25, 0.3) is 0 Å². The molecular weight excluding hydrogens is 270 g/mol. The van der Waals surface area contributed by atoms with E-state index >= 15 is 0 Å². The average Bonchev–Trinajstić information content (AvgIpc) is 2.41. The van der Waals surface area contributed by atoms with Crippen molar-refractivity contribution in [2.75, 3.05) is 6.54 Å². The Labute approximate surface area is 123 Å². The topological polar surface area (TPSA) is 25.2 Å². The minimum Gasteiger partial charge on any atom is -0.300 e. The molecule has 0 unspecified atom stereocenters. The molecule has 2 rings (SSSR count). The third-order valence-electron chi connectivity index (χ3n) is 3.37. The summed E-state index contributed by atoms with van der Waals surface area (Å²) in [7, 11) is 0. The first-order chi connectivity index (χ1) is 9.92. The van der Waals surface area contributed by atoms with Crippen LogP contribution in [0.25, 0.3) is 0 Å². The Balaban J connectivity index is 2.23. The van der Waals surface area contributed by atoms with E-state index in [0.29, 0.717) is 18.7 Å². The largest absolute Gasteiger partial charge is 0.300 e. The lowest BCUT2D eigenvalue weighted by Gasteiger charge is -2.22. The number of rotatable bonds is 5. The van der Waals surface area contributed by atoms with Gasteiger partial charge in [-0.25, -0.2) is 8.78 Å². The molecule has 0 N–H and O–H groups in total. The molecule has 0 aliphatic heterocycles. The van der Waals surface area contributed by atoms with Crippen LogP contribution in [0.1, 0.15) is 30.7 Å². The molecule has 1 aromatic heterocycles. The number of aliphatic imine (C=N–C) groups is 1. The normalized spacial score (nSPS) is 11.4. The molecule has 0 amide bonds. The highest BCUT2D eigenvalue weighted by molar-refractivity contribution is 5.29. The van der Waals surface area contributed by atoms with Crippen molar-refractivity contribution in [1.82, 2.24) is 4.98 Å². The highest BCUT2D eigenvalue weighted by atomic mass is 19.1. The van der Waals surface area contributed by atoms with E-state index in [1.54, 1.807) is 18.3 Å². The number of benzene rings is 1. The van der Waals surface area contributed by atoms with Gasteiger partial charge in [0.2, 0.25) is 0 Å². The van der Waals surface area contributed by atoms with Crippen LogP contribution >= 0.6 is 0 Å². The molecule has 2 nitrogen and oxygen atoms in total. The fourth-order valence-electron chi connectivity index (χ4n) is 2.26. The molecule has 1 aromatic carbocycles. The maximum absolute atomic E-state index is 14.3. The van der Waals surface area contributed by atoms with E-state index in [1.165, 1.54) is 18.2 Å². The molecule has 0 saturated carbocycles. The van der Waals surface area contributed by atoms with E-state index in [-0.39, 0.29) is 11.6 Å². The van der Waals surface area contributed by atoms with Gasteiger partial charge in [-0.2, -0.15) is 0 Å². The Morgan fingerprint density at radius 1 is 1.14 bits per heavy atom. The maximum atomic E-state index is 14.3. The van der Waals surface area contributed by atoms with Gasteiger partial charge in [0, 0.05) is 18.2 Å². The maximum Gasteiger partial charge on any atom is 0.145 e. The summed E-state index contributed by atoms with van der Waals surface area (Å²) in [6, 6.07) is 7.65. The molecule has 0 aliphatic rings. The molecule has 0 saturated heterocycles. The van der Waals surface area contributed by atoms with E-state index in [4.69, 9.17) is 0 Å². The van der Waals surface area contributed by atoms with Crippen LogP contribution in [0.5, 0.6) is 0 Å². The first-order valence-electron chi connectivity index (χ1n) is 6.74. The van der Waals surface area contributed by atoms with Crippen LogP contribution in [-0.4, -0.2) is 18.2 Å². The predicted octanol–water partition coefficient (Wildman–Crippen LogP) is 3.93. The van der Waals surface area contributed by atoms with Crippen LogP contribution in [0.3, 0.4) is 0 Å². The van der Waals surface area contributed by atoms with Crippen molar-refractivity contribution in [2.24, 2.45) is 4.99 Å². The van der Waals surface area contributed by atoms with Crippen LogP contribution in [0.15, 0.2) is 41.5 Å². The van der Waals surface area contributed by atoms with Crippen molar-refractivity contribution in [3.63, 3.8) is 0 Å². The molecule has 1 heterocycles. The quantitative estimate of drug-likeness (QED) is 0.765. The second kappa shape index (κ2) is 6.12. The van der Waals surface area contributed by atoms with Crippen molar-refractivity contribution < 1.29 is 8.78 Å². The first-order valence-corrected chi connectivity index (χ1v) is 6.74. The van der Waals surface area contributed by atoms with E-state index in [9.17, 15) is 8.78 Å². The van der Waals surface area contributed by atoms with Gasteiger partial charge in [0.1, 0.15) is 11.6 Å². The molecule has 0 atom stereocenters. The van der Waals surface area contributed by atoms with Crippen LogP contribution in [0.2, 0.25) is 0 Å². The van der Waals surface area contributed by atoms with Gasteiger partial charge in [0.15, 0.2) is 0 Å². The summed E-state index contributed by atoms with van der Waals surface area (Å²) in [5.74, 6) is -0.625. The van der Waals surface area contributed by atoms with Gasteiger partial charge in [-0.05, 0) is 42.5 Å². The third-order valence-corrected chi connectivity index (χ3v) is 3.37. The Bertz CT molecular complexity index is 634. The Morgan fingerprint density at radius 2 is 1.81 bits per heavy atom. The van der Waals surface area contributed by atoms with Crippen molar-refractivity contribution in [2.45, 2.75) is 25.7 Å². The molecular formula is C17H18F2N2. The first kappa shape index (κ1) is 15.3. The summed E-state index contributed by atoms with van der Waals surface area (Å²) in [6.07, 6.45) is 2.18. The van der Waals surface area contributed by atoms with E-state index in [1.807, 2.05) is 13.8 Å². The number of nitrogens with zero attached hydrogens (tertiary/aromatic N) is 2. The second-order valence-corrected chi connectivity index (χ2v) is 5.74. The highest BCUT2D eigenvalue weighted by Crippen LogP contribution is 2.25. The lowest BCUT2D eigenvalue weighted by atomic mass is 9.88. The summed E-state index contributed by atoms with van der Waals surface area (Å²) in [4.78, 5) is 8.08. The van der Waals surface area contributed by atoms with Crippen LogP contribution in [0.4, 0.5) is 8.78 Å². The van der Waals surface area contributed by atoms with Crippen molar-refractivity contribution in [3.05, 3.63) is 65.0 Å². The van der Waals surface area contributed by atoms with Crippen molar-refractivity contribution in [1.29, 1.82) is 0 Å². The van der Waals surface area contributed by atoms with Gasteiger partial charge in [0.05, 0.1) is 5.69 Å². The van der Waals surface area contributed by atoms with Crippen LogP contribution < -0.4 is 0 Å². The fraction of sp³-hybridized carbons (Fsp3) is 0.294. The Morgan fingerprint density at radius 3 is 2.38 bits per heavy atom. The zero-order valence-corrected chi connectivity index (χ0v) is 12.2. The zero-order valence-electron chi connectivity index (χ0n) is 12.2. The average molecular weight is 288 g/mol. The summed E-state index contributed by atoms with van der Waals surface area (Å²) < 4.78 is 27.1. The standard InChI is InChI=1S/C17H18F2N2/c1-17(2,11-20-3)16-15(19)9-13(10-21-16)8-12-4-6-14(18)7-5-12/h4-7,9-10H,3,8,11H2,1-2H3. The highest BCUT2D eigenvalue weighted by Gasteiger charge is 2.25. The van der Waals surface area contributed by atoms with E-state index in [0.717, 1.165) is 11.1 Å². The summed E-state index contributed by atoms with van der Waals surface area (Å²) in [5.41, 5.74) is 1.57. The van der Waals surface area contributed by atoms with Gasteiger partial charge in [-0.15, -0.1) is 0 Å². The summed E-state index contributed by atoms with van der Waals surface area (Å²) in [6.45, 7) is 7.62. The number of hydrogen-bond acceptors (Lipinski definition) is 2. The van der Waals surface area contributed by atoms with Gasteiger partial charge in [-0.1, -0.05) is 26.0 Å². The Kier molecular flexibility index (Phi) is 4.46. The van der Waals surface area contributed by atoms with Crippen LogP contribution in [-0.2, 0) is 11.8 Å². The molecule has 0 radical (unpaired) electrons. The number of pyridine rings is 1. The predicted molar refractivity (Wildman–Crippen MR) is 80.8 cm³/mol.